The summed E-state index contributed by atoms with van der Waals surface area (Å²) in [5.41, 5.74) is 1.48. The molecule has 0 aliphatic carbocycles. The summed E-state index contributed by atoms with van der Waals surface area (Å²) in [4.78, 5) is 0. The second-order valence-corrected chi connectivity index (χ2v) is 4.96. The first-order valence-corrected chi connectivity index (χ1v) is 7.34. The van der Waals surface area contributed by atoms with Crippen molar-refractivity contribution < 1.29 is 9.27 Å². The number of rotatable bonds is 9. The minimum absolute atomic E-state index is 0. The van der Waals surface area contributed by atoms with Crippen molar-refractivity contribution in [2.24, 2.45) is 0 Å². The quantitative estimate of drug-likeness (QED) is 0.461. The van der Waals surface area contributed by atoms with Gasteiger partial charge in [-0.1, -0.05) is 39.5 Å². The lowest BCUT2D eigenvalue weighted by molar-refractivity contribution is -0.697. The van der Waals surface area contributed by atoms with Gasteiger partial charge in [-0.05, 0) is 24.8 Å². The van der Waals surface area contributed by atoms with Gasteiger partial charge in [0.15, 0.2) is 12.4 Å². The van der Waals surface area contributed by atoms with E-state index in [9.17, 15) is 0 Å². The molecule has 0 aliphatic rings. The normalized spacial score (nSPS) is 10.1. The van der Waals surface area contributed by atoms with E-state index in [1.54, 1.807) is 0 Å². The highest BCUT2D eigenvalue weighted by Crippen LogP contribution is 2.04. The molecule has 0 fully saturated rings. The molecule has 1 heterocycles. The van der Waals surface area contributed by atoms with E-state index in [1.807, 2.05) is 0 Å². The van der Waals surface area contributed by atoms with Gasteiger partial charge in [-0.15, -0.1) is 0 Å². The highest BCUT2D eigenvalue weighted by molar-refractivity contribution is 5.06. The van der Waals surface area contributed by atoms with Gasteiger partial charge in [0.25, 0.3) is 0 Å². The number of hydrogen-bond donors (Lipinski definition) is 0. The summed E-state index contributed by atoms with van der Waals surface area (Å²) < 4.78 is 2.32. The lowest BCUT2D eigenvalue weighted by Crippen LogP contribution is -3.00. The van der Waals surface area contributed by atoms with E-state index in [-0.39, 0.29) is 4.70 Å². The average molecular weight is 253 g/mol. The van der Waals surface area contributed by atoms with Crippen molar-refractivity contribution in [1.82, 2.24) is 0 Å². The summed E-state index contributed by atoms with van der Waals surface area (Å²) >= 11 is 0. The Morgan fingerprint density at radius 2 is 1.44 bits per heavy atom. The topological polar surface area (TPSA) is 3.88 Å². The Morgan fingerprint density at radius 1 is 0.833 bits per heavy atom. The largest absolute Gasteiger partial charge is 1.00 e. The maximum absolute atomic E-state index is 2.32. The molecule has 0 saturated carbocycles. The van der Waals surface area contributed by atoms with E-state index in [4.69, 9.17) is 0 Å². The Bertz CT molecular complexity index is 282. The molecule has 0 amide bonds. The van der Waals surface area contributed by atoms with Gasteiger partial charge in [0, 0.05) is 18.6 Å². The predicted octanol–water partition coefficient (Wildman–Crippen LogP) is 1.29. The zero-order valence-corrected chi connectivity index (χ0v) is 12.0. The van der Waals surface area contributed by atoms with Crippen molar-refractivity contribution in [2.75, 3.05) is 0 Å². The van der Waals surface area contributed by atoms with E-state index in [0.717, 1.165) is 0 Å². The van der Waals surface area contributed by atoms with Crippen LogP contribution < -0.4 is 9.27 Å². The third kappa shape index (κ3) is 7.41. The van der Waals surface area contributed by atoms with Crippen molar-refractivity contribution in [3.8, 4) is 0 Å². The monoisotopic (exact) mass is 253 g/mol. The van der Waals surface area contributed by atoms with Crippen LogP contribution in [-0.4, -0.2) is 0 Å². The van der Waals surface area contributed by atoms with Gasteiger partial charge < -0.3 is 4.70 Å². The highest BCUT2D eigenvalue weighted by atomic mass is 19.0. The summed E-state index contributed by atoms with van der Waals surface area (Å²) in [6, 6.07) is 4.56. The minimum Gasteiger partial charge on any atom is -1.00 e. The molecule has 0 radical (unpaired) electrons. The Morgan fingerprint density at radius 3 is 2.06 bits per heavy atom. The van der Waals surface area contributed by atoms with E-state index in [0.29, 0.717) is 0 Å². The van der Waals surface area contributed by atoms with Crippen molar-refractivity contribution in [1.29, 1.82) is 0 Å². The molecule has 0 spiro atoms. The standard InChI is InChI=1S/C16H28N.FH/c1-3-5-7-8-9-13-17-14-11-16(12-15-17)10-6-4-2;/h11-12,14-15H,3-10,13H2,1-2H3;1H/q+1;/p-1. The second kappa shape index (κ2) is 11.2. The fourth-order valence-electron chi connectivity index (χ4n) is 2.08. The first-order chi connectivity index (χ1) is 8.36. The summed E-state index contributed by atoms with van der Waals surface area (Å²) in [7, 11) is 0. The average Bonchev–Trinajstić information content (AvgIpc) is 2.37. The van der Waals surface area contributed by atoms with Gasteiger partial charge in [-0.2, -0.15) is 0 Å². The molecule has 1 aromatic rings. The molecule has 0 unspecified atom stereocenters. The lowest BCUT2D eigenvalue weighted by atomic mass is 10.1. The molecule has 1 nitrogen and oxygen atoms in total. The van der Waals surface area contributed by atoms with Crippen molar-refractivity contribution in [2.45, 2.75) is 71.8 Å². The second-order valence-electron chi connectivity index (χ2n) is 4.96. The van der Waals surface area contributed by atoms with Crippen molar-refractivity contribution >= 4 is 0 Å². The zero-order chi connectivity index (χ0) is 12.3. The summed E-state index contributed by atoms with van der Waals surface area (Å²) in [6.45, 7) is 5.70. The van der Waals surface area contributed by atoms with E-state index >= 15 is 0 Å². The van der Waals surface area contributed by atoms with Crippen LogP contribution in [0.25, 0.3) is 0 Å². The predicted molar refractivity (Wildman–Crippen MR) is 74.0 cm³/mol. The maximum atomic E-state index is 2.32. The molecule has 0 aromatic carbocycles. The Hall–Kier alpha value is -0.920. The fourth-order valence-corrected chi connectivity index (χ4v) is 2.08. The molecule has 2 heteroatoms. The number of aromatic nitrogens is 1. The van der Waals surface area contributed by atoms with Gasteiger partial charge in [0.1, 0.15) is 6.54 Å². The molecule has 0 aliphatic heterocycles. The number of pyridine rings is 1. The van der Waals surface area contributed by atoms with Crippen LogP contribution in [0.3, 0.4) is 0 Å². The number of unbranched alkanes of at least 4 members (excludes halogenated alkanes) is 5. The number of aryl methyl sites for hydroxylation is 2. The SMILES string of the molecule is CCCCCCC[n+]1ccc(CCCC)cc1.[F-]. The summed E-state index contributed by atoms with van der Waals surface area (Å²) in [6.07, 6.45) is 15.1. The van der Waals surface area contributed by atoms with Gasteiger partial charge in [-0.25, -0.2) is 4.57 Å². The fraction of sp³-hybridized carbons (Fsp3) is 0.688. The Kier molecular flexibility index (Phi) is 10.6. The van der Waals surface area contributed by atoms with E-state index in [1.165, 1.54) is 63.5 Å². The molecule has 1 aromatic heterocycles. The molecule has 0 atom stereocenters. The molecule has 104 valence electrons. The zero-order valence-electron chi connectivity index (χ0n) is 12.0. The third-order valence-electron chi connectivity index (χ3n) is 3.30. The van der Waals surface area contributed by atoms with Crippen molar-refractivity contribution in [3.05, 3.63) is 30.1 Å². The molecular weight excluding hydrogens is 225 g/mol. The number of hydrogen-bond acceptors (Lipinski definition) is 0. The molecule has 18 heavy (non-hydrogen) atoms. The Balaban J connectivity index is 0.00000289. The van der Waals surface area contributed by atoms with Crippen LogP contribution in [0.2, 0.25) is 0 Å². The van der Waals surface area contributed by atoms with Gasteiger partial charge in [-0.3, -0.25) is 0 Å². The van der Waals surface area contributed by atoms with Crippen LogP contribution in [-0.2, 0) is 13.0 Å². The summed E-state index contributed by atoms with van der Waals surface area (Å²) in [5, 5.41) is 0. The molecule has 1 rings (SSSR count). The lowest BCUT2D eigenvalue weighted by Gasteiger charge is -2.00. The van der Waals surface area contributed by atoms with Crippen molar-refractivity contribution in [3.63, 3.8) is 0 Å². The van der Waals surface area contributed by atoms with E-state index < -0.39 is 0 Å². The molecule has 0 N–H and O–H groups in total. The first-order valence-electron chi connectivity index (χ1n) is 7.34. The van der Waals surface area contributed by atoms with Crippen LogP contribution in [0.4, 0.5) is 0 Å². The molecule has 0 bridgehead atoms. The van der Waals surface area contributed by atoms with Crippen LogP contribution in [0, 0.1) is 0 Å². The van der Waals surface area contributed by atoms with Crippen LogP contribution in [0.1, 0.15) is 64.4 Å². The maximum Gasteiger partial charge on any atom is 0.169 e. The van der Waals surface area contributed by atoms with Gasteiger partial charge >= 0.3 is 0 Å². The van der Waals surface area contributed by atoms with Gasteiger partial charge in [0.2, 0.25) is 0 Å². The number of nitrogens with zero attached hydrogens (tertiary/aromatic N) is 1. The number of halogens is 1. The molecular formula is C16H28FN. The Labute approximate surface area is 112 Å². The van der Waals surface area contributed by atoms with E-state index in [2.05, 4.69) is 42.9 Å². The first kappa shape index (κ1) is 17.1. The van der Waals surface area contributed by atoms with Gasteiger partial charge in [0.05, 0.1) is 0 Å². The third-order valence-corrected chi connectivity index (χ3v) is 3.30. The smallest absolute Gasteiger partial charge is 0.169 e. The highest BCUT2D eigenvalue weighted by Gasteiger charge is 2.00. The van der Waals surface area contributed by atoms with Crippen LogP contribution >= 0.6 is 0 Å². The summed E-state index contributed by atoms with van der Waals surface area (Å²) in [5.74, 6) is 0. The minimum atomic E-state index is 0. The van der Waals surface area contributed by atoms with Crippen LogP contribution in [0.5, 0.6) is 0 Å². The van der Waals surface area contributed by atoms with Crippen LogP contribution in [0.15, 0.2) is 24.5 Å². The molecule has 0 saturated heterocycles.